The minimum Gasteiger partial charge on any atom is -0.397 e. The molecule has 0 aromatic heterocycles. The van der Waals surface area contributed by atoms with E-state index in [-0.39, 0.29) is 0 Å². The molecule has 1 aliphatic carbocycles. The van der Waals surface area contributed by atoms with Crippen molar-refractivity contribution in [3.63, 3.8) is 0 Å². The van der Waals surface area contributed by atoms with Crippen LogP contribution in [0.1, 0.15) is 24.3 Å². The van der Waals surface area contributed by atoms with E-state index in [1.807, 2.05) is 12.1 Å². The third-order valence-electron chi connectivity index (χ3n) is 3.04. The Balaban J connectivity index is 2.14. The SMILES string of the molecule is CO[C@H]1C[C@H](c2cccc(N)c2N)C1. The Bertz CT molecular complexity index is 332. The Hall–Kier alpha value is -1.22. The van der Waals surface area contributed by atoms with E-state index in [2.05, 4.69) is 6.07 Å². The van der Waals surface area contributed by atoms with Gasteiger partial charge in [0.1, 0.15) is 0 Å². The average molecular weight is 192 g/mol. The first-order valence-electron chi connectivity index (χ1n) is 4.89. The van der Waals surface area contributed by atoms with Crippen LogP contribution in [0.4, 0.5) is 11.4 Å². The van der Waals surface area contributed by atoms with Crippen LogP contribution < -0.4 is 11.5 Å². The monoisotopic (exact) mass is 192 g/mol. The molecule has 14 heavy (non-hydrogen) atoms. The highest BCUT2D eigenvalue weighted by Gasteiger charge is 2.31. The molecule has 76 valence electrons. The molecule has 1 fully saturated rings. The number of anilines is 2. The maximum Gasteiger partial charge on any atom is 0.0583 e. The van der Waals surface area contributed by atoms with Gasteiger partial charge in [-0.3, -0.25) is 0 Å². The lowest BCUT2D eigenvalue weighted by Crippen LogP contribution is -2.29. The van der Waals surface area contributed by atoms with Crippen LogP contribution in [0, 0.1) is 0 Å². The average Bonchev–Trinajstić information content (AvgIpc) is 2.10. The smallest absolute Gasteiger partial charge is 0.0583 e. The summed E-state index contributed by atoms with van der Waals surface area (Å²) < 4.78 is 5.24. The zero-order valence-corrected chi connectivity index (χ0v) is 8.36. The zero-order chi connectivity index (χ0) is 10.1. The molecule has 1 saturated carbocycles. The molecule has 2 rings (SSSR count). The summed E-state index contributed by atoms with van der Waals surface area (Å²) in [6.07, 6.45) is 2.52. The Labute approximate surface area is 84.0 Å². The minimum absolute atomic E-state index is 0.404. The van der Waals surface area contributed by atoms with E-state index in [1.54, 1.807) is 7.11 Å². The van der Waals surface area contributed by atoms with Crippen LogP contribution in [0.2, 0.25) is 0 Å². The molecule has 0 heterocycles. The van der Waals surface area contributed by atoms with Crippen LogP contribution in [0.25, 0.3) is 0 Å². The van der Waals surface area contributed by atoms with Crippen molar-refractivity contribution in [1.29, 1.82) is 0 Å². The second kappa shape index (κ2) is 3.50. The molecule has 0 aliphatic heterocycles. The molecule has 0 radical (unpaired) electrons. The van der Waals surface area contributed by atoms with E-state index >= 15 is 0 Å². The van der Waals surface area contributed by atoms with Gasteiger partial charge in [-0.1, -0.05) is 12.1 Å². The van der Waals surface area contributed by atoms with Gasteiger partial charge < -0.3 is 16.2 Å². The third kappa shape index (κ3) is 1.44. The summed E-state index contributed by atoms with van der Waals surface area (Å²) in [6, 6.07) is 5.86. The van der Waals surface area contributed by atoms with Gasteiger partial charge >= 0.3 is 0 Å². The number of methoxy groups -OCH3 is 1. The molecule has 1 aromatic rings. The number of hydrogen-bond donors (Lipinski definition) is 2. The molecular weight excluding hydrogens is 176 g/mol. The summed E-state index contributed by atoms with van der Waals surface area (Å²) in [5.41, 5.74) is 14.3. The van der Waals surface area contributed by atoms with Crippen molar-refractivity contribution >= 4 is 11.4 Å². The molecule has 0 atom stereocenters. The molecule has 0 spiro atoms. The van der Waals surface area contributed by atoms with E-state index in [4.69, 9.17) is 16.2 Å². The molecule has 0 unspecified atom stereocenters. The molecule has 3 nitrogen and oxygen atoms in total. The van der Waals surface area contributed by atoms with Crippen molar-refractivity contribution in [3.8, 4) is 0 Å². The summed E-state index contributed by atoms with van der Waals surface area (Å²) in [7, 11) is 1.75. The van der Waals surface area contributed by atoms with Gasteiger partial charge in [-0.15, -0.1) is 0 Å². The number of nitrogens with two attached hydrogens (primary N) is 2. The fraction of sp³-hybridized carbons (Fsp3) is 0.455. The third-order valence-corrected chi connectivity index (χ3v) is 3.04. The first-order chi connectivity index (χ1) is 6.72. The standard InChI is InChI=1S/C11H16N2O/c1-14-8-5-7(6-8)9-3-2-4-10(12)11(9)13/h2-4,7-8H,5-6,12-13H2,1H3/t7-,8-. The van der Waals surface area contributed by atoms with Gasteiger partial charge in [0, 0.05) is 7.11 Å². The van der Waals surface area contributed by atoms with Crippen molar-refractivity contribution in [1.82, 2.24) is 0 Å². The van der Waals surface area contributed by atoms with Crippen LogP contribution >= 0.6 is 0 Å². The lowest BCUT2D eigenvalue weighted by molar-refractivity contribution is 0.0259. The molecular formula is C11H16N2O. The quantitative estimate of drug-likeness (QED) is 0.702. The Kier molecular flexibility index (Phi) is 2.33. The van der Waals surface area contributed by atoms with Crippen molar-refractivity contribution in [3.05, 3.63) is 23.8 Å². The van der Waals surface area contributed by atoms with E-state index < -0.39 is 0 Å². The number of benzene rings is 1. The van der Waals surface area contributed by atoms with Crippen molar-refractivity contribution in [2.75, 3.05) is 18.6 Å². The number of ether oxygens (including phenoxy) is 1. The van der Waals surface area contributed by atoms with Crippen molar-refractivity contribution in [2.24, 2.45) is 0 Å². The lowest BCUT2D eigenvalue weighted by Gasteiger charge is -2.35. The maximum atomic E-state index is 5.91. The van der Waals surface area contributed by atoms with Crippen molar-refractivity contribution in [2.45, 2.75) is 24.9 Å². The summed E-state index contributed by atoms with van der Waals surface area (Å²) in [5.74, 6) is 0.531. The topological polar surface area (TPSA) is 61.3 Å². The summed E-state index contributed by atoms with van der Waals surface area (Å²) >= 11 is 0. The van der Waals surface area contributed by atoms with Gasteiger partial charge in [0.2, 0.25) is 0 Å². The number of nitrogen functional groups attached to an aromatic ring is 2. The predicted molar refractivity (Wildman–Crippen MR) is 58.0 cm³/mol. The second-order valence-corrected chi connectivity index (χ2v) is 3.88. The molecule has 4 N–H and O–H groups in total. The molecule has 0 saturated heterocycles. The van der Waals surface area contributed by atoms with Gasteiger partial charge in [0.25, 0.3) is 0 Å². The zero-order valence-electron chi connectivity index (χ0n) is 8.36. The van der Waals surface area contributed by atoms with E-state index in [0.717, 1.165) is 18.5 Å². The van der Waals surface area contributed by atoms with Crippen LogP contribution in [0.15, 0.2) is 18.2 Å². The highest BCUT2D eigenvalue weighted by Crippen LogP contribution is 2.41. The predicted octanol–water partition coefficient (Wildman–Crippen LogP) is 1.74. The highest BCUT2D eigenvalue weighted by atomic mass is 16.5. The van der Waals surface area contributed by atoms with Crippen LogP contribution in [0.5, 0.6) is 0 Å². The molecule has 1 aromatic carbocycles. The van der Waals surface area contributed by atoms with Crippen LogP contribution in [0.3, 0.4) is 0 Å². The molecule has 0 amide bonds. The number of para-hydroxylation sites is 1. The lowest BCUT2D eigenvalue weighted by atomic mass is 9.77. The largest absolute Gasteiger partial charge is 0.397 e. The maximum absolute atomic E-state index is 5.91. The Morgan fingerprint density at radius 1 is 1.29 bits per heavy atom. The van der Waals surface area contributed by atoms with E-state index in [0.29, 0.717) is 17.7 Å². The summed E-state index contributed by atoms with van der Waals surface area (Å²) in [6.45, 7) is 0. The summed E-state index contributed by atoms with van der Waals surface area (Å²) in [5, 5.41) is 0. The van der Waals surface area contributed by atoms with E-state index in [9.17, 15) is 0 Å². The van der Waals surface area contributed by atoms with E-state index in [1.165, 1.54) is 5.56 Å². The van der Waals surface area contributed by atoms with Crippen molar-refractivity contribution < 1.29 is 4.74 Å². The Morgan fingerprint density at radius 3 is 2.64 bits per heavy atom. The molecule has 3 heteroatoms. The van der Waals surface area contributed by atoms with Gasteiger partial charge in [-0.05, 0) is 30.4 Å². The highest BCUT2D eigenvalue weighted by molar-refractivity contribution is 5.68. The fourth-order valence-electron chi connectivity index (χ4n) is 1.97. The van der Waals surface area contributed by atoms with Gasteiger partial charge in [0.15, 0.2) is 0 Å². The fourth-order valence-corrected chi connectivity index (χ4v) is 1.97. The minimum atomic E-state index is 0.404. The molecule has 1 aliphatic rings. The normalized spacial score (nSPS) is 25.8. The van der Waals surface area contributed by atoms with Gasteiger partial charge in [-0.25, -0.2) is 0 Å². The van der Waals surface area contributed by atoms with Gasteiger partial charge in [0.05, 0.1) is 17.5 Å². The molecule has 0 bridgehead atoms. The number of hydrogen-bond acceptors (Lipinski definition) is 3. The first kappa shape index (κ1) is 9.34. The van der Waals surface area contributed by atoms with Crippen LogP contribution in [-0.4, -0.2) is 13.2 Å². The summed E-state index contributed by atoms with van der Waals surface area (Å²) in [4.78, 5) is 0. The first-order valence-corrected chi connectivity index (χ1v) is 4.89. The van der Waals surface area contributed by atoms with Gasteiger partial charge in [-0.2, -0.15) is 0 Å². The van der Waals surface area contributed by atoms with Crippen LogP contribution in [-0.2, 0) is 4.74 Å². The Morgan fingerprint density at radius 2 is 2.00 bits per heavy atom. The second-order valence-electron chi connectivity index (χ2n) is 3.88. The number of rotatable bonds is 2.